The number of hydrogen-bond acceptors (Lipinski definition) is 10. The van der Waals surface area contributed by atoms with E-state index in [0.717, 1.165) is 66.4 Å². The molecule has 3 aliphatic rings. The Morgan fingerprint density at radius 2 is 1.31 bits per heavy atom. The van der Waals surface area contributed by atoms with Crippen LogP contribution in [0.4, 0.5) is 0 Å². The smallest absolute Gasteiger partial charge is 0.339 e. The van der Waals surface area contributed by atoms with E-state index in [2.05, 4.69) is 16.8 Å². The van der Waals surface area contributed by atoms with Gasteiger partial charge in [0.15, 0.2) is 13.5 Å². The van der Waals surface area contributed by atoms with Crippen LogP contribution < -0.4 is 5.56 Å². The van der Waals surface area contributed by atoms with Crippen LogP contribution in [0.2, 0.25) is 0 Å². The summed E-state index contributed by atoms with van der Waals surface area (Å²) >= 11 is 0. The molecule has 0 radical (unpaired) electrons. The van der Waals surface area contributed by atoms with E-state index in [1.165, 1.54) is 4.57 Å². The number of rotatable bonds is 13. The molecule has 0 spiro atoms. The van der Waals surface area contributed by atoms with Gasteiger partial charge in [0, 0.05) is 68.9 Å². The molecule has 1 atom stereocenters. The van der Waals surface area contributed by atoms with Crippen molar-refractivity contribution in [3.05, 3.63) is 147 Å². The highest BCUT2D eigenvalue weighted by molar-refractivity contribution is 5.90. The van der Waals surface area contributed by atoms with Crippen molar-refractivity contribution in [1.82, 2.24) is 33.9 Å². The molecule has 3 saturated heterocycles. The maximum atomic E-state index is 14.7. The van der Waals surface area contributed by atoms with E-state index in [9.17, 15) is 24.0 Å². The summed E-state index contributed by atoms with van der Waals surface area (Å²) in [6.45, 7) is 7.67. The maximum absolute atomic E-state index is 14.7. The number of ether oxygens (including phenoxy) is 2. The Bertz CT molecular complexity index is 2780. The molecule has 2 amide bonds. The normalized spacial score (nSPS) is 17.2. The number of piperazine rings is 1. The first kappa shape index (κ1) is 45.5. The van der Waals surface area contributed by atoms with E-state index in [-0.39, 0.29) is 43.2 Å². The third kappa shape index (κ3) is 10.5. The summed E-state index contributed by atoms with van der Waals surface area (Å²) in [7, 11) is 2.17. The van der Waals surface area contributed by atoms with Crippen LogP contribution >= 0.6 is 0 Å². The molecule has 0 bridgehead atoms. The topological polar surface area (TPSA) is 140 Å². The second kappa shape index (κ2) is 20.5. The summed E-state index contributed by atoms with van der Waals surface area (Å²) in [6.07, 6.45) is 5.73. The van der Waals surface area contributed by atoms with Crippen molar-refractivity contribution < 1.29 is 28.7 Å². The summed E-state index contributed by atoms with van der Waals surface area (Å²) in [6, 6.07) is 31.7. The van der Waals surface area contributed by atoms with Gasteiger partial charge >= 0.3 is 11.9 Å². The number of pyridine rings is 1. The summed E-state index contributed by atoms with van der Waals surface area (Å²) < 4.78 is 14.3. The minimum absolute atomic E-state index is 0.00258. The highest BCUT2D eigenvalue weighted by Gasteiger charge is 2.34. The Balaban J connectivity index is 0.892. The molecule has 0 saturated carbocycles. The monoisotopic (exact) mass is 905 g/mol. The van der Waals surface area contributed by atoms with Gasteiger partial charge in [-0.25, -0.2) is 14.3 Å². The second-order valence-electron chi connectivity index (χ2n) is 18.4. The average Bonchev–Trinajstić information content (AvgIpc) is 3.79. The van der Waals surface area contributed by atoms with Gasteiger partial charge in [0.25, 0.3) is 5.56 Å². The van der Waals surface area contributed by atoms with Crippen molar-refractivity contribution in [2.75, 3.05) is 59.4 Å². The molecular formula is C53H59N7O7. The van der Waals surface area contributed by atoms with Crippen LogP contribution in [-0.2, 0) is 38.9 Å². The molecule has 6 aromatic rings. The number of nitrogens with zero attached hydrogens (tertiary/aromatic N) is 7. The standard InChI is InChI=1S/C53H59N7O7/c1-37-29-38(31-44-34-59(54-49(37)44)35-66-52(64)40-11-5-3-6-12-40)30-43(50(62)58-27-25-56(26-28-58)45-19-21-55(2)22-20-45)33-48(61)57-23-17-39(18-24-57)46-32-42-15-9-10-16-47(42)60(51(46)63)36-67-53(65)41-13-7-4-8-14-41/h3-16,29,31-32,34,39,43,45H,17-28,30,33,35-36H2,1-2H3/t43-/m0/s1. The highest BCUT2D eigenvalue weighted by Crippen LogP contribution is 2.30. The quantitative estimate of drug-likeness (QED) is 0.118. The molecule has 3 fully saturated rings. The zero-order chi connectivity index (χ0) is 46.4. The van der Waals surface area contributed by atoms with Crippen molar-refractivity contribution in [2.45, 2.75) is 70.9 Å². The van der Waals surface area contributed by atoms with E-state index in [1.807, 2.05) is 77.5 Å². The SMILES string of the molecule is Cc1cc(C[C@@H](CC(=O)N2CCC(c3cc4ccccc4n(COC(=O)c4ccccc4)c3=O)CC2)C(=O)N2CCN(C3CCN(C)CC3)CC2)cc2cn(COC(=O)c3ccccc3)nc12. The van der Waals surface area contributed by atoms with Crippen molar-refractivity contribution in [1.29, 1.82) is 0 Å². The van der Waals surface area contributed by atoms with E-state index >= 15 is 0 Å². The van der Waals surface area contributed by atoms with Crippen LogP contribution in [0.5, 0.6) is 0 Å². The molecule has 3 aliphatic heterocycles. The van der Waals surface area contributed by atoms with Crippen molar-refractivity contribution in [2.24, 2.45) is 5.92 Å². The van der Waals surface area contributed by atoms with Gasteiger partial charge in [-0.1, -0.05) is 60.7 Å². The zero-order valence-electron chi connectivity index (χ0n) is 38.4. The van der Waals surface area contributed by atoms with Gasteiger partial charge in [-0.15, -0.1) is 0 Å². The van der Waals surface area contributed by atoms with Crippen molar-refractivity contribution in [3.8, 4) is 0 Å². The average molecular weight is 906 g/mol. The number of amides is 2. The van der Waals surface area contributed by atoms with E-state index in [0.29, 0.717) is 73.7 Å². The summed E-state index contributed by atoms with van der Waals surface area (Å²) in [5, 5.41) is 6.43. The molecule has 4 aromatic carbocycles. The van der Waals surface area contributed by atoms with Gasteiger partial charge in [0.2, 0.25) is 11.8 Å². The summed E-state index contributed by atoms with van der Waals surface area (Å²) in [5.74, 6) is -1.70. The van der Waals surface area contributed by atoms with Crippen LogP contribution in [0.3, 0.4) is 0 Å². The van der Waals surface area contributed by atoms with Gasteiger partial charge in [0.1, 0.15) is 0 Å². The van der Waals surface area contributed by atoms with Crippen LogP contribution in [0.25, 0.3) is 21.8 Å². The minimum atomic E-state index is -0.579. The van der Waals surface area contributed by atoms with Crippen molar-refractivity contribution in [3.63, 3.8) is 0 Å². The lowest BCUT2D eigenvalue weighted by atomic mass is 9.88. The molecule has 9 rings (SSSR count). The number of hydrogen-bond donors (Lipinski definition) is 0. The number of para-hydroxylation sites is 1. The number of carbonyl (C=O) groups excluding carboxylic acids is 4. The molecule has 14 nitrogen and oxygen atoms in total. The number of aromatic nitrogens is 3. The Morgan fingerprint density at radius 1 is 0.687 bits per heavy atom. The molecular weight excluding hydrogens is 847 g/mol. The van der Waals surface area contributed by atoms with Crippen LogP contribution in [0.1, 0.15) is 75.4 Å². The number of benzene rings is 4. The Labute approximate surface area is 390 Å². The number of carbonyl (C=O) groups is 4. The number of aryl methyl sites for hydroxylation is 1. The first-order valence-corrected chi connectivity index (χ1v) is 23.6. The highest BCUT2D eigenvalue weighted by atomic mass is 16.5. The fraction of sp³-hybridized carbons (Fsp3) is 0.396. The van der Waals surface area contributed by atoms with Gasteiger partial charge < -0.3 is 24.2 Å². The lowest BCUT2D eigenvalue weighted by Gasteiger charge is -2.43. The van der Waals surface area contributed by atoms with Crippen LogP contribution in [-0.4, -0.2) is 123 Å². The van der Waals surface area contributed by atoms with Gasteiger partial charge in [-0.3, -0.25) is 23.9 Å². The fourth-order valence-corrected chi connectivity index (χ4v) is 10.2. The fourth-order valence-electron chi connectivity index (χ4n) is 10.2. The largest absolute Gasteiger partial charge is 0.440 e. The maximum Gasteiger partial charge on any atom is 0.339 e. The predicted octanol–water partition coefficient (Wildman–Crippen LogP) is 6.48. The number of piperidine rings is 2. The van der Waals surface area contributed by atoms with E-state index in [1.54, 1.807) is 53.2 Å². The van der Waals surface area contributed by atoms with Crippen LogP contribution in [0.15, 0.2) is 114 Å². The molecule has 0 aliphatic carbocycles. The minimum Gasteiger partial charge on any atom is -0.440 e. The second-order valence-corrected chi connectivity index (χ2v) is 18.4. The summed E-state index contributed by atoms with van der Waals surface area (Å²) in [5.41, 5.74) is 4.61. The lowest BCUT2D eigenvalue weighted by molar-refractivity contribution is -0.143. The van der Waals surface area contributed by atoms with E-state index in [4.69, 9.17) is 14.6 Å². The third-order valence-electron chi connectivity index (χ3n) is 14.0. The van der Waals surface area contributed by atoms with Gasteiger partial charge in [0.05, 0.1) is 28.1 Å². The number of fused-ring (bicyclic) bond motifs is 2. The number of likely N-dealkylation sites (tertiary alicyclic amines) is 2. The molecule has 67 heavy (non-hydrogen) atoms. The van der Waals surface area contributed by atoms with Gasteiger partial charge in [-0.05, 0) is 124 Å². The third-order valence-corrected chi connectivity index (χ3v) is 14.0. The summed E-state index contributed by atoms with van der Waals surface area (Å²) in [4.78, 5) is 77.4. The predicted molar refractivity (Wildman–Crippen MR) is 255 cm³/mol. The van der Waals surface area contributed by atoms with E-state index < -0.39 is 17.9 Å². The molecule has 348 valence electrons. The van der Waals surface area contributed by atoms with Gasteiger partial charge in [-0.2, -0.15) is 5.10 Å². The first-order chi connectivity index (χ1) is 32.6. The molecule has 0 N–H and O–H groups in total. The Hall–Kier alpha value is -6.64. The zero-order valence-corrected chi connectivity index (χ0v) is 38.4. The van der Waals surface area contributed by atoms with Crippen LogP contribution in [0, 0.1) is 12.8 Å². The number of esters is 2. The first-order valence-electron chi connectivity index (χ1n) is 23.6. The molecule has 0 unspecified atom stereocenters. The van der Waals surface area contributed by atoms with Crippen molar-refractivity contribution >= 4 is 45.6 Å². The Kier molecular flexibility index (Phi) is 13.9. The lowest BCUT2D eigenvalue weighted by Crippen LogP contribution is -2.55. The molecule has 2 aromatic heterocycles. The molecule has 5 heterocycles. The molecule has 14 heteroatoms. The Morgan fingerprint density at radius 3 is 1.99 bits per heavy atom.